The van der Waals surface area contributed by atoms with Crippen LogP contribution in [0.5, 0.6) is 0 Å². The highest BCUT2D eigenvalue weighted by atomic mass is 16.5. The molecule has 0 saturated heterocycles. The van der Waals surface area contributed by atoms with Crippen LogP contribution in [0.4, 0.5) is 0 Å². The second-order valence-corrected chi connectivity index (χ2v) is 6.34. The average molecular weight is 292 g/mol. The molecule has 1 aromatic carbocycles. The Morgan fingerprint density at radius 1 is 1.29 bits per heavy atom. The van der Waals surface area contributed by atoms with E-state index in [1.54, 1.807) is 7.11 Å². The van der Waals surface area contributed by atoms with Gasteiger partial charge < -0.3 is 15.8 Å². The van der Waals surface area contributed by atoms with E-state index in [1.165, 1.54) is 11.1 Å². The fraction of sp³-hybridized carbons (Fsp3) is 0.588. The van der Waals surface area contributed by atoms with Crippen molar-refractivity contribution in [3.63, 3.8) is 0 Å². The highest BCUT2D eigenvalue weighted by molar-refractivity contribution is 5.76. The van der Waals surface area contributed by atoms with Crippen molar-refractivity contribution in [2.24, 2.45) is 5.73 Å². The molecule has 0 heterocycles. The van der Waals surface area contributed by atoms with Crippen molar-refractivity contribution in [2.75, 3.05) is 20.2 Å². The zero-order valence-corrected chi connectivity index (χ0v) is 13.6. The van der Waals surface area contributed by atoms with Crippen LogP contribution in [0.15, 0.2) is 24.3 Å². The van der Waals surface area contributed by atoms with Gasteiger partial charge in [-0.15, -0.1) is 0 Å². The Labute approximate surface area is 128 Å². The van der Waals surface area contributed by atoms with Gasteiger partial charge in [-0.3, -0.25) is 4.79 Å². The molecule has 1 rings (SSSR count). The number of amides is 1. The molecule has 0 aromatic heterocycles. The number of carbonyl (C=O) groups excluding carboxylic acids is 1. The van der Waals surface area contributed by atoms with Gasteiger partial charge in [-0.05, 0) is 23.0 Å². The Balaban J connectivity index is 2.37. The third-order valence-electron chi connectivity index (χ3n) is 3.57. The van der Waals surface area contributed by atoms with Crippen molar-refractivity contribution in [1.82, 2.24) is 5.32 Å². The molecule has 0 fully saturated rings. The summed E-state index contributed by atoms with van der Waals surface area (Å²) in [4.78, 5) is 11.7. The van der Waals surface area contributed by atoms with E-state index in [9.17, 15) is 4.79 Å². The van der Waals surface area contributed by atoms with Crippen molar-refractivity contribution in [3.8, 4) is 0 Å². The maximum absolute atomic E-state index is 11.7. The lowest BCUT2D eigenvalue weighted by Gasteiger charge is -2.19. The number of benzene rings is 1. The topological polar surface area (TPSA) is 64.3 Å². The van der Waals surface area contributed by atoms with E-state index < -0.39 is 0 Å². The van der Waals surface area contributed by atoms with Crippen LogP contribution in [0.2, 0.25) is 0 Å². The highest BCUT2D eigenvalue weighted by Gasteiger charge is 2.13. The fourth-order valence-electron chi connectivity index (χ4n) is 2.06. The molecule has 4 nitrogen and oxygen atoms in total. The van der Waals surface area contributed by atoms with Gasteiger partial charge >= 0.3 is 0 Å². The van der Waals surface area contributed by atoms with Gasteiger partial charge in [0, 0.05) is 20.2 Å². The van der Waals surface area contributed by atoms with Crippen LogP contribution in [0.25, 0.3) is 0 Å². The smallest absolute Gasteiger partial charge is 0.222 e. The van der Waals surface area contributed by atoms with E-state index in [0.29, 0.717) is 19.5 Å². The van der Waals surface area contributed by atoms with Crippen LogP contribution in [-0.4, -0.2) is 32.2 Å². The SMILES string of the molecule is COC(CN)CC(=O)NCCc1ccc(C(C)(C)C)cc1. The number of methoxy groups -OCH3 is 1. The lowest BCUT2D eigenvalue weighted by atomic mass is 9.86. The predicted octanol–water partition coefficient (Wildman–Crippen LogP) is 2.01. The number of nitrogens with two attached hydrogens (primary N) is 1. The number of nitrogens with one attached hydrogen (secondary N) is 1. The first-order valence-corrected chi connectivity index (χ1v) is 7.45. The summed E-state index contributed by atoms with van der Waals surface area (Å²) in [6.07, 6.45) is 0.947. The second-order valence-electron chi connectivity index (χ2n) is 6.34. The molecule has 0 bridgehead atoms. The molecule has 1 atom stereocenters. The van der Waals surface area contributed by atoms with Gasteiger partial charge in [0.25, 0.3) is 0 Å². The summed E-state index contributed by atoms with van der Waals surface area (Å²) >= 11 is 0. The first-order valence-electron chi connectivity index (χ1n) is 7.45. The molecule has 0 spiro atoms. The second kappa shape index (κ2) is 8.15. The number of hydrogen-bond donors (Lipinski definition) is 2. The molecule has 1 aromatic rings. The van der Waals surface area contributed by atoms with Crippen molar-refractivity contribution in [2.45, 2.75) is 45.1 Å². The summed E-state index contributed by atoms with van der Waals surface area (Å²) in [5.74, 6) is -0.0152. The molecule has 118 valence electrons. The van der Waals surface area contributed by atoms with Gasteiger partial charge in [0.15, 0.2) is 0 Å². The van der Waals surface area contributed by atoms with Crippen molar-refractivity contribution in [1.29, 1.82) is 0 Å². The summed E-state index contributed by atoms with van der Waals surface area (Å²) in [6.45, 7) is 7.59. The number of ether oxygens (including phenoxy) is 1. The minimum Gasteiger partial charge on any atom is -0.380 e. The maximum Gasteiger partial charge on any atom is 0.222 e. The van der Waals surface area contributed by atoms with E-state index in [2.05, 4.69) is 50.4 Å². The summed E-state index contributed by atoms with van der Waals surface area (Å²) in [5.41, 5.74) is 8.21. The van der Waals surface area contributed by atoms with E-state index in [4.69, 9.17) is 10.5 Å². The highest BCUT2D eigenvalue weighted by Crippen LogP contribution is 2.22. The quantitative estimate of drug-likeness (QED) is 0.808. The Morgan fingerprint density at radius 2 is 1.90 bits per heavy atom. The molecular formula is C17H28N2O2. The van der Waals surface area contributed by atoms with Gasteiger partial charge in [0.2, 0.25) is 5.91 Å². The number of carbonyl (C=O) groups is 1. The normalized spacial score (nSPS) is 13.0. The molecule has 0 aliphatic carbocycles. The van der Waals surface area contributed by atoms with Gasteiger partial charge in [-0.1, -0.05) is 45.0 Å². The Kier molecular flexibility index (Phi) is 6.85. The summed E-state index contributed by atoms with van der Waals surface area (Å²) in [7, 11) is 1.57. The third kappa shape index (κ3) is 6.27. The van der Waals surface area contributed by atoms with Gasteiger partial charge in [0.1, 0.15) is 0 Å². The largest absolute Gasteiger partial charge is 0.380 e. The lowest BCUT2D eigenvalue weighted by Crippen LogP contribution is -2.33. The van der Waals surface area contributed by atoms with E-state index in [-0.39, 0.29) is 17.4 Å². The van der Waals surface area contributed by atoms with Crippen LogP contribution < -0.4 is 11.1 Å². The standard InChI is InChI=1S/C17H28N2O2/c1-17(2,3)14-7-5-13(6-8-14)9-10-19-16(20)11-15(12-18)21-4/h5-8,15H,9-12,18H2,1-4H3,(H,19,20). The minimum atomic E-state index is -0.198. The van der Waals surface area contributed by atoms with Crippen LogP contribution in [0, 0.1) is 0 Å². The van der Waals surface area contributed by atoms with Crippen molar-refractivity contribution >= 4 is 5.91 Å². The molecule has 0 radical (unpaired) electrons. The summed E-state index contributed by atoms with van der Waals surface area (Å²) in [6, 6.07) is 8.58. The predicted molar refractivity (Wildman–Crippen MR) is 86.3 cm³/mol. The molecule has 21 heavy (non-hydrogen) atoms. The maximum atomic E-state index is 11.7. The molecule has 3 N–H and O–H groups in total. The van der Waals surface area contributed by atoms with E-state index in [0.717, 1.165) is 6.42 Å². The van der Waals surface area contributed by atoms with Crippen molar-refractivity contribution in [3.05, 3.63) is 35.4 Å². The Hall–Kier alpha value is -1.39. The molecular weight excluding hydrogens is 264 g/mol. The van der Waals surface area contributed by atoms with Crippen LogP contribution in [0.1, 0.15) is 38.3 Å². The lowest BCUT2D eigenvalue weighted by molar-refractivity contribution is -0.123. The zero-order valence-electron chi connectivity index (χ0n) is 13.6. The molecule has 4 heteroatoms. The molecule has 1 unspecified atom stereocenters. The monoisotopic (exact) mass is 292 g/mol. The minimum absolute atomic E-state index is 0.0152. The van der Waals surface area contributed by atoms with Crippen molar-refractivity contribution < 1.29 is 9.53 Å². The van der Waals surface area contributed by atoms with E-state index in [1.807, 2.05) is 0 Å². The molecule has 0 aliphatic heterocycles. The molecule has 0 saturated carbocycles. The van der Waals surface area contributed by atoms with Gasteiger partial charge in [0.05, 0.1) is 12.5 Å². The van der Waals surface area contributed by atoms with Gasteiger partial charge in [-0.2, -0.15) is 0 Å². The Morgan fingerprint density at radius 3 is 2.38 bits per heavy atom. The molecule has 1 amide bonds. The summed E-state index contributed by atoms with van der Waals surface area (Å²) < 4.78 is 5.09. The van der Waals surface area contributed by atoms with Crippen LogP contribution >= 0.6 is 0 Å². The first kappa shape index (κ1) is 17.7. The van der Waals surface area contributed by atoms with Crippen LogP contribution in [0.3, 0.4) is 0 Å². The van der Waals surface area contributed by atoms with Crippen LogP contribution in [-0.2, 0) is 21.4 Å². The summed E-state index contributed by atoms with van der Waals surface area (Å²) in [5, 5.41) is 2.90. The molecule has 0 aliphatic rings. The van der Waals surface area contributed by atoms with E-state index >= 15 is 0 Å². The first-order chi connectivity index (χ1) is 9.86. The number of hydrogen-bond acceptors (Lipinski definition) is 3. The fourth-order valence-corrected chi connectivity index (χ4v) is 2.06. The number of rotatable bonds is 7. The average Bonchev–Trinajstić information content (AvgIpc) is 2.44. The zero-order chi connectivity index (χ0) is 15.9. The third-order valence-corrected chi connectivity index (χ3v) is 3.57. The Bertz CT molecular complexity index is 431. The van der Waals surface area contributed by atoms with Gasteiger partial charge in [-0.25, -0.2) is 0 Å².